The van der Waals surface area contributed by atoms with Crippen molar-refractivity contribution in [3.63, 3.8) is 0 Å². The van der Waals surface area contributed by atoms with E-state index in [2.05, 4.69) is 14.7 Å². The number of aromatic nitrogens is 2. The zero-order valence-corrected chi connectivity index (χ0v) is 14.3. The Hall–Kier alpha value is -2.22. The van der Waals surface area contributed by atoms with E-state index in [0.29, 0.717) is 22.0 Å². The molecule has 6 nitrogen and oxygen atoms in total. The van der Waals surface area contributed by atoms with Crippen molar-refractivity contribution >= 4 is 21.6 Å². The highest BCUT2D eigenvalue weighted by Crippen LogP contribution is 2.24. The van der Waals surface area contributed by atoms with Gasteiger partial charge in [-0.1, -0.05) is 17.7 Å². The molecule has 2 heterocycles. The number of rotatable bonds is 5. The van der Waals surface area contributed by atoms with Gasteiger partial charge in [0.1, 0.15) is 0 Å². The average molecular weight is 364 g/mol. The molecule has 124 valence electrons. The summed E-state index contributed by atoms with van der Waals surface area (Å²) in [6.07, 6.45) is 6.11. The van der Waals surface area contributed by atoms with Crippen LogP contribution >= 0.6 is 11.6 Å². The lowest BCUT2D eigenvalue weighted by Gasteiger charge is -2.11. The molecule has 0 unspecified atom stereocenters. The van der Waals surface area contributed by atoms with Crippen LogP contribution in [0.5, 0.6) is 0 Å². The molecular weight excluding hydrogens is 350 g/mol. The zero-order chi connectivity index (χ0) is 17.2. The fraction of sp³-hybridized carbons (Fsp3) is 0.125. The van der Waals surface area contributed by atoms with Crippen molar-refractivity contribution in [1.82, 2.24) is 14.7 Å². The molecule has 2 aromatic heterocycles. The molecule has 0 amide bonds. The number of furan rings is 1. The monoisotopic (exact) mass is 363 g/mol. The van der Waals surface area contributed by atoms with Crippen LogP contribution in [0.25, 0.3) is 11.3 Å². The second-order valence-corrected chi connectivity index (χ2v) is 7.19. The van der Waals surface area contributed by atoms with E-state index in [9.17, 15) is 8.42 Å². The lowest BCUT2D eigenvalue weighted by Crippen LogP contribution is -2.25. The second-order valence-electron chi connectivity index (χ2n) is 5.05. The van der Waals surface area contributed by atoms with Crippen molar-refractivity contribution in [2.24, 2.45) is 0 Å². The van der Waals surface area contributed by atoms with Gasteiger partial charge in [-0.05, 0) is 30.7 Å². The Kier molecular flexibility index (Phi) is 4.66. The number of nitrogens with one attached hydrogen (secondary N) is 1. The lowest BCUT2D eigenvalue weighted by atomic mass is 10.2. The first-order chi connectivity index (χ1) is 11.5. The Bertz CT molecular complexity index is 956. The first-order valence-electron chi connectivity index (χ1n) is 7.06. The number of sulfonamides is 1. The van der Waals surface area contributed by atoms with Crippen molar-refractivity contribution in [2.75, 3.05) is 0 Å². The van der Waals surface area contributed by atoms with Gasteiger partial charge in [-0.3, -0.25) is 9.97 Å². The first-order valence-corrected chi connectivity index (χ1v) is 8.92. The molecule has 0 bridgehead atoms. The first kappa shape index (κ1) is 16.6. The Morgan fingerprint density at radius 3 is 2.75 bits per heavy atom. The number of benzene rings is 1. The van der Waals surface area contributed by atoms with Crippen LogP contribution in [0.4, 0.5) is 0 Å². The van der Waals surface area contributed by atoms with Crippen LogP contribution in [0.3, 0.4) is 0 Å². The predicted octanol–water partition coefficient (Wildman–Crippen LogP) is 3.18. The largest absolute Gasteiger partial charge is 0.472 e. The van der Waals surface area contributed by atoms with Crippen LogP contribution in [-0.4, -0.2) is 18.4 Å². The van der Waals surface area contributed by atoms with Crippen LogP contribution in [0.15, 0.2) is 58.5 Å². The normalized spacial score (nSPS) is 11.6. The lowest BCUT2D eigenvalue weighted by molar-refractivity contribution is 0.568. The maximum absolute atomic E-state index is 12.5. The quantitative estimate of drug-likeness (QED) is 0.752. The minimum absolute atomic E-state index is 0.00262. The Labute approximate surface area is 144 Å². The van der Waals surface area contributed by atoms with E-state index in [1.54, 1.807) is 31.3 Å². The maximum Gasteiger partial charge on any atom is 0.241 e. The highest BCUT2D eigenvalue weighted by atomic mass is 35.5. The van der Waals surface area contributed by atoms with E-state index in [-0.39, 0.29) is 11.4 Å². The van der Waals surface area contributed by atoms with Gasteiger partial charge in [0.15, 0.2) is 0 Å². The summed E-state index contributed by atoms with van der Waals surface area (Å²) in [5, 5.41) is 0.400. The molecule has 0 saturated heterocycles. The van der Waals surface area contributed by atoms with E-state index < -0.39 is 10.0 Å². The molecule has 0 atom stereocenters. The highest BCUT2D eigenvalue weighted by Gasteiger charge is 2.19. The van der Waals surface area contributed by atoms with E-state index in [4.69, 9.17) is 16.0 Å². The zero-order valence-electron chi connectivity index (χ0n) is 12.7. The fourth-order valence-electron chi connectivity index (χ4n) is 2.26. The molecule has 3 rings (SSSR count). The minimum Gasteiger partial charge on any atom is -0.472 e. The SMILES string of the molecule is Cc1c(Cl)cccc1S(=O)(=O)NCc1nccnc1-c1ccoc1. The van der Waals surface area contributed by atoms with E-state index >= 15 is 0 Å². The molecular formula is C16H14ClN3O3S. The van der Waals surface area contributed by atoms with E-state index in [1.807, 2.05) is 0 Å². The summed E-state index contributed by atoms with van der Waals surface area (Å²) in [5.74, 6) is 0. The minimum atomic E-state index is -3.72. The number of nitrogens with zero attached hydrogens (tertiary/aromatic N) is 2. The van der Waals surface area contributed by atoms with E-state index in [0.717, 1.165) is 5.56 Å². The van der Waals surface area contributed by atoms with Crippen LogP contribution < -0.4 is 4.72 Å². The molecule has 1 aromatic carbocycles. The van der Waals surface area contributed by atoms with Crippen molar-refractivity contribution < 1.29 is 12.8 Å². The summed E-state index contributed by atoms with van der Waals surface area (Å²) >= 11 is 6.00. The van der Waals surface area contributed by atoms with Gasteiger partial charge in [-0.25, -0.2) is 13.1 Å². The van der Waals surface area contributed by atoms with Gasteiger partial charge in [0.2, 0.25) is 10.0 Å². The molecule has 0 aliphatic heterocycles. The van der Waals surface area contributed by atoms with Gasteiger partial charge in [0.25, 0.3) is 0 Å². The Balaban J connectivity index is 1.88. The molecule has 24 heavy (non-hydrogen) atoms. The third-order valence-corrected chi connectivity index (χ3v) is 5.46. The summed E-state index contributed by atoms with van der Waals surface area (Å²) < 4.78 is 32.7. The van der Waals surface area contributed by atoms with Crippen LogP contribution in [0.2, 0.25) is 5.02 Å². The molecule has 0 radical (unpaired) electrons. The van der Waals surface area contributed by atoms with Gasteiger partial charge < -0.3 is 4.42 Å². The van der Waals surface area contributed by atoms with Crippen LogP contribution in [0, 0.1) is 6.92 Å². The van der Waals surface area contributed by atoms with Crippen LogP contribution in [0.1, 0.15) is 11.3 Å². The summed E-state index contributed by atoms with van der Waals surface area (Å²) in [5.41, 5.74) is 2.30. The van der Waals surface area contributed by atoms with Gasteiger partial charge in [-0.15, -0.1) is 0 Å². The van der Waals surface area contributed by atoms with Crippen LogP contribution in [-0.2, 0) is 16.6 Å². The molecule has 0 saturated carbocycles. The Morgan fingerprint density at radius 2 is 2.00 bits per heavy atom. The number of hydrogen-bond donors (Lipinski definition) is 1. The van der Waals surface area contributed by atoms with Gasteiger partial charge in [0, 0.05) is 23.0 Å². The van der Waals surface area contributed by atoms with Crippen molar-refractivity contribution in [3.05, 3.63) is 65.5 Å². The smallest absolute Gasteiger partial charge is 0.241 e. The topological polar surface area (TPSA) is 85.1 Å². The fourth-order valence-corrected chi connectivity index (χ4v) is 3.74. The summed E-state index contributed by atoms with van der Waals surface area (Å²) in [7, 11) is -3.72. The van der Waals surface area contributed by atoms with Gasteiger partial charge in [0.05, 0.1) is 35.4 Å². The molecule has 3 aromatic rings. The molecule has 8 heteroatoms. The van der Waals surface area contributed by atoms with E-state index in [1.165, 1.54) is 24.8 Å². The highest BCUT2D eigenvalue weighted by molar-refractivity contribution is 7.89. The standard InChI is InChI=1S/C16H14ClN3O3S/c1-11-13(17)3-2-4-15(11)24(21,22)20-9-14-16(19-7-6-18-14)12-5-8-23-10-12/h2-8,10,20H,9H2,1H3. The summed E-state index contributed by atoms with van der Waals surface area (Å²) in [4.78, 5) is 8.60. The maximum atomic E-state index is 12.5. The summed E-state index contributed by atoms with van der Waals surface area (Å²) in [6, 6.07) is 6.50. The molecule has 1 N–H and O–H groups in total. The second kappa shape index (κ2) is 6.72. The molecule has 0 aliphatic rings. The van der Waals surface area contributed by atoms with Crippen molar-refractivity contribution in [1.29, 1.82) is 0 Å². The van der Waals surface area contributed by atoms with Gasteiger partial charge >= 0.3 is 0 Å². The average Bonchev–Trinajstić information content (AvgIpc) is 3.10. The van der Waals surface area contributed by atoms with Gasteiger partial charge in [-0.2, -0.15) is 0 Å². The molecule has 0 fully saturated rings. The third-order valence-electron chi connectivity index (χ3n) is 3.51. The summed E-state index contributed by atoms with van der Waals surface area (Å²) in [6.45, 7) is 1.67. The van der Waals surface area contributed by atoms with Crippen molar-refractivity contribution in [3.8, 4) is 11.3 Å². The Morgan fingerprint density at radius 1 is 1.21 bits per heavy atom. The molecule has 0 aliphatic carbocycles. The predicted molar refractivity (Wildman–Crippen MR) is 89.9 cm³/mol. The third kappa shape index (κ3) is 3.33. The van der Waals surface area contributed by atoms with Crippen molar-refractivity contribution in [2.45, 2.75) is 18.4 Å². The molecule has 0 spiro atoms. The number of halogens is 1. The number of hydrogen-bond acceptors (Lipinski definition) is 5.